The van der Waals surface area contributed by atoms with Crippen molar-refractivity contribution in [3.8, 4) is 17.6 Å². The maximum absolute atomic E-state index is 13.1. The number of halogens is 3. The van der Waals surface area contributed by atoms with Gasteiger partial charge in [-0.1, -0.05) is 35.3 Å². The van der Waals surface area contributed by atoms with E-state index in [4.69, 9.17) is 32.7 Å². The molecule has 0 saturated heterocycles. The molecular weight excluding hydrogens is 496 g/mol. The Morgan fingerprint density at radius 2 is 1.77 bits per heavy atom. The number of anilines is 2. The number of rotatable bonds is 8. The fourth-order valence-electron chi connectivity index (χ4n) is 2.90. The average molecular weight is 514 g/mol. The molecule has 3 rings (SSSR count). The van der Waals surface area contributed by atoms with E-state index in [2.05, 4.69) is 10.6 Å². The number of nitrogens with one attached hydrogen (secondary N) is 2. The molecule has 0 fully saturated rings. The number of carbonyl (C=O) groups is 2. The number of nitriles is 1. The van der Waals surface area contributed by atoms with Gasteiger partial charge in [0.05, 0.1) is 22.8 Å². The summed E-state index contributed by atoms with van der Waals surface area (Å²) in [5.74, 6) is -1.32. The summed E-state index contributed by atoms with van der Waals surface area (Å²) in [5.41, 5.74) is 0.919. The molecule has 0 atom stereocenters. The Bertz CT molecular complexity index is 1320. The van der Waals surface area contributed by atoms with E-state index in [0.29, 0.717) is 22.0 Å². The molecule has 0 spiro atoms. The molecule has 0 heterocycles. The number of carbonyl (C=O) groups excluding carboxylic acids is 2. The molecule has 0 aromatic heterocycles. The van der Waals surface area contributed by atoms with Crippen LogP contribution in [0.5, 0.6) is 11.5 Å². The summed E-state index contributed by atoms with van der Waals surface area (Å²) in [5, 5.41) is 15.0. The third kappa shape index (κ3) is 6.96. The summed E-state index contributed by atoms with van der Waals surface area (Å²) in [6.07, 6.45) is 1.31. The normalized spacial score (nSPS) is 10.8. The van der Waals surface area contributed by atoms with E-state index in [0.717, 1.165) is 0 Å². The number of hydrogen-bond acceptors (Lipinski definition) is 5. The molecule has 0 radical (unpaired) electrons. The average Bonchev–Trinajstić information content (AvgIpc) is 2.84. The lowest BCUT2D eigenvalue weighted by atomic mass is 10.1. The fourth-order valence-corrected chi connectivity index (χ4v) is 3.35. The largest absolute Gasteiger partial charge is 0.493 e. The summed E-state index contributed by atoms with van der Waals surface area (Å²) in [7, 11) is 1.38. The highest BCUT2D eigenvalue weighted by atomic mass is 35.5. The zero-order valence-corrected chi connectivity index (χ0v) is 19.8. The smallest absolute Gasteiger partial charge is 0.266 e. The second-order valence-electron chi connectivity index (χ2n) is 6.98. The minimum Gasteiger partial charge on any atom is -0.493 e. The molecule has 10 heteroatoms. The van der Waals surface area contributed by atoms with Crippen molar-refractivity contribution < 1.29 is 23.5 Å². The van der Waals surface area contributed by atoms with Crippen LogP contribution < -0.4 is 20.1 Å². The third-order valence-corrected chi connectivity index (χ3v) is 5.14. The van der Waals surface area contributed by atoms with Crippen molar-refractivity contribution >= 4 is 52.5 Å². The van der Waals surface area contributed by atoms with Gasteiger partial charge in [0.1, 0.15) is 17.5 Å². The zero-order chi connectivity index (χ0) is 25.4. The molecule has 178 valence electrons. The van der Waals surface area contributed by atoms with Crippen molar-refractivity contribution in [1.29, 1.82) is 5.26 Å². The zero-order valence-electron chi connectivity index (χ0n) is 18.3. The van der Waals surface area contributed by atoms with Crippen LogP contribution in [0.25, 0.3) is 6.08 Å². The van der Waals surface area contributed by atoms with Crippen molar-refractivity contribution in [1.82, 2.24) is 0 Å². The van der Waals surface area contributed by atoms with E-state index in [-0.39, 0.29) is 28.7 Å². The van der Waals surface area contributed by atoms with Crippen molar-refractivity contribution in [2.45, 2.75) is 0 Å². The molecule has 0 aliphatic heterocycles. The van der Waals surface area contributed by atoms with E-state index in [9.17, 15) is 19.2 Å². The third-order valence-electron chi connectivity index (χ3n) is 4.53. The van der Waals surface area contributed by atoms with Crippen molar-refractivity contribution in [2.75, 3.05) is 24.4 Å². The lowest BCUT2D eigenvalue weighted by Gasteiger charge is -2.14. The summed E-state index contributed by atoms with van der Waals surface area (Å²) in [4.78, 5) is 24.7. The van der Waals surface area contributed by atoms with Crippen molar-refractivity contribution in [3.63, 3.8) is 0 Å². The van der Waals surface area contributed by atoms with Crippen LogP contribution in [0, 0.1) is 17.1 Å². The van der Waals surface area contributed by atoms with Crippen LogP contribution in [-0.4, -0.2) is 25.5 Å². The van der Waals surface area contributed by atoms with Gasteiger partial charge in [-0.15, -0.1) is 0 Å². The maximum atomic E-state index is 13.1. The predicted molar refractivity (Wildman–Crippen MR) is 132 cm³/mol. The Morgan fingerprint density at radius 3 is 2.43 bits per heavy atom. The van der Waals surface area contributed by atoms with E-state index in [1.54, 1.807) is 24.3 Å². The van der Waals surface area contributed by atoms with Crippen LogP contribution >= 0.6 is 23.2 Å². The van der Waals surface area contributed by atoms with Crippen molar-refractivity contribution in [2.24, 2.45) is 0 Å². The minimum atomic E-state index is -0.689. The van der Waals surface area contributed by atoms with Crippen LogP contribution in [0.3, 0.4) is 0 Å². The molecular formula is C25H18Cl2FN3O4. The molecule has 2 amide bonds. The van der Waals surface area contributed by atoms with E-state index in [1.807, 2.05) is 6.07 Å². The molecule has 0 unspecified atom stereocenters. The van der Waals surface area contributed by atoms with Crippen LogP contribution in [-0.2, 0) is 9.59 Å². The molecule has 0 saturated carbocycles. The van der Waals surface area contributed by atoms with Crippen LogP contribution in [0.4, 0.5) is 15.8 Å². The summed E-state index contributed by atoms with van der Waals surface area (Å²) < 4.78 is 23.9. The molecule has 0 bridgehead atoms. The first-order valence-electron chi connectivity index (χ1n) is 10.0. The molecule has 2 N–H and O–H groups in total. The summed E-state index contributed by atoms with van der Waals surface area (Å²) >= 11 is 12.4. The quantitative estimate of drug-likeness (QED) is 0.297. The van der Waals surface area contributed by atoms with Crippen molar-refractivity contribution in [3.05, 3.63) is 87.7 Å². The Balaban J connectivity index is 1.74. The highest BCUT2D eigenvalue weighted by Gasteiger charge is 2.16. The van der Waals surface area contributed by atoms with Gasteiger partial charge in [0, 0.05) is 5.69 Å². The van der Waals surface area contributed by atoms with Crippen LogP contribution in [0.2, 0.25) is 10.0 Å². The second kappa shape index (κ2) is 11.9. The van der Waals surface area contributed by atoms with Gasteiger partial charge in [-0.2, -0.15) is 5.26 Å². The highest BCUT2D eigenvalue weighted by Crippen LogP contribution is 2.37. The molecule has 0 aliphatic carbocycles. The first-order valence-corrected chi connectivity index (χ1v) is 10.8. The first-order chi connectivity index (χ1) is 16.8. The standard InChI is InChI=1S/C25H18Cl2FN3O4/c1-34-22-12-15(10-16(13-29)25(33)30-18-8-6-17(28)7-9-18)11-20(27)24(22)35-14-23(32)31-21-5-3-2-4-19(21)26/h2-12H,14H2,1H3,(H,30,33)(H,31,32)/b16-10+. The highest BCUT2D eigenvalue weighted by molar-refractivity contribution is 6.33. The van der Waals surface area contributed by atoms with Gasteiger partial charge in [0.25, 0.3) is 11.8 Å². The van der Waals surface area contributed by atoms with Gasteiger partial charge < -0.3 is 20.1 Å². The lowest BCUT2D eigenvalue weighted by Crippen LogP contribution is -2.20. The number of methoxy groups -OCH3 is 1. The fraction of sp³-hybridized carbons (Fsp3) is 0.0800. The number of hydrogen-bond donors (Lipinski definition) is 2. The Labute approximate surface area is 210 Å². The number of amides is 2. The van der Waals surface area contributed by atoms with E-state index >= 15 is 0 Å². The van der Waals surface area contributed by atoms with Gasteiger partial charge in [-0.25, -0.2) is 4.39 Å². The topological polar surface area (TPSA) is 100 Å². The molecule has 7 nitrogen and oxygen atoms in total. The van der Waals surface area contributed by atoms with Gasteiger partial charge >= 0.3 is 0 Å². The molecule has 35 heavy (non-hydrogen) atoms. The molecule has 0 aliphatic rings. The van der Waals surface area contributed by atoms with Gasteiger partial charge in [0.15, 0.2) is 18.1 Å². The maximum Gasteiger partial charge on any atom is 0.266 e. The van der Waals surface area contributed by atoms with Gasteiger partial charge in [-0.3, -0.25) is 9.59 Å². The summed E-state index contributed by atoms with van der Waals surface area (Å²) in [6.45, 7) is -0.375. The number of nitrogens with zero attached hydrogens (tertiary/aromatic N) is 1. The first kappa shape index (κ1) is 25.6. The van der Waals surface area contributed by atoms with E-state index < -0.39 is 17.6 Å². The summed E-state index contributed by atoms with van der Waals surface area (Å²) in [6, 6.07) is 16.6. The van der Waals surface area contributed by atoms with Crippen LogP contribution in [0.15, 0.2) is 66.2 Å². The Hall–Kier alpha value is -4.06. The van der Waals surface area contributed by atoms with Crippen LogP contribution in [0.1, 0.15) is 5.56 Å². The second-order valence-corrected chi connectivity index (χ2v) is 7.80. The SMILES string of the molecule is COc1cc(/C=C(\C#N)C(=O)Nc2ccc(F)cc2)cc(Cl)c1OCC(=O)Nc1ccccc1Cl. The lowest BCUT2D eigenvalue weighted by molar-refractivity contribution is -0.118. The molecule has 3 aromatic carbocycles. The molecule has 3 aromatic rings. The predicted octanol–water partition coefficient (Wildman–Crippen LogP) is 5.70. The van der Waals surface area contributed by atoms with Gasteiger partial charge in [0.2, 0.25) is 0 Å². The minimum absolute atomic E-state index is 0.0948. The number of benzene rings is 3. The Kier molecular flexibility index (Phi) is 8.68. The van der Waals surface area contributed by atoms with E-state index in [1.165, 1.54) is 49.6 Å². The Morgan fingerprint density at radius 1 is 1.06 bits per heavy atom. The number of para-hydroxylation sites is 1. The monoisotopic (exact) mass is 513 g/mol. The van der Waals surface area contributed by atoms with Gasteiger partial charge in [-0.05, 0) is 60.2 Å². The number of ether oxygens (including phenoxy) is 2.